The van der Waals surface area contributed by atoms with E-state index < -0.39 is 11.9 Å². The number of hydrogen-bond donors (Lipinski definition) is 4. The van der Waals surface area contributed by atoms with E-state index >= 15 is 0 Å². The van der Waals surface area contributed by atoms with Gasteiger partial charge in [0.1, 0.15) is 0 Å². The van der Waals surface area contributed by atoms with Crippen LogP contribution in [0.2, 0.25) is 0 Å². The highest BCUT2D eigenvalue weighted by Gasteiger charge is 2.23. The van der Waals surface area contributed by atoms with E-state index in [4.69, 9.17) is 10.2 Å². The minimum atomic E-state index is -0.859. The van der Waals surface area contributed by atoms with Gasteiger partial charge in [0.15, 0.2) is 0 Å². The molecule has 0 saturated heterocycles. The highest BCUT2D eigenvalue weighted by atomic mass is 16.4. The molecule has 0 heterocycles. The molecule has 0 aromatic heterocycles. The Hall–Kier alpha value is -2.70. The molecule has 0 aliphatic heterocycles. The van der Waals surface area contributed by atoms with E-state index in [1.165, 1.54) is 24.0 Å². The van der Waals surface area contributed by atoms with E-state index in [-0.39, 0.29) is 18.1 Å². The number of aliphatic hydroxyl groups excluding tert-OH is 2. The van der Waals surface area contributed by atoms with E-state index in [1.54, 1.807) is 24.3 Å². The molecular formula is C33H52O6. The van der Waals surface area contributed by atoms with Crippen LogP contribution in [0.1, 0.15) is 124 Å². The number of carboxylic acid groups (broad SMARTS) is 2. The maximum Gasteiger partial charge on any atom is 0.335 e. The molecule has 2 rings (SSSR count). The van der Waals surface area contributed by atoms with Gasteiger partial charge in [0.25, 0.3) is 0 Å². The van der Waals surface area contributed by atoms with E-state index in [0.29, 0.717) is 11.1 Å². The Bertz CT molecular complexity index is 818. The van der Waals surface area contributed by atoms with Crippen LogP contribution < -0.4 is 0 Å². The third-order valence-corrected chi connectivity index (χ3v) is 6.67. The fraction of sp³-hybridized carbons (Fsp3) is 0.576. The molecule has 2 aromatic rings. The van der Waals surface area contributed by atoms with Crippen molar-refractivity contribution < 1.29 is 30.0 Å². The van der Waals surface area contributed by atoms with Crippen molar-refractivity contribution in [1.82, 2.24) is 0 Å². The fourth-order valence-electron chi connectivity index (χ4n) is 4.21. The lowest BCUT2D eigenvalue weighted by atomic mass is 9.88. The maximum absolute atomic E-state index is 10.5. The largest absolute Gasteiger partial charge is 0.478 e. The molecule has 0 aliphatic rings. The van der Waals surface area contributed by atoms with Crippen LogP contribution in [-0.4, -0.2) is 44.6 Å². The van der Waals surface area contributed by atoms with Gasteiger partial charge in [-0.2, -0.15) is 0 Å². The van der Waals surface area contributed by atoms with Crippen LogP contribution in [0.15, 0.2) is 48.5 Å². The summed E-state index contributed by atoms with van der Waals surface area (Å²) in [7, 11) is 0. The van der Waals surface area contributed by atoms with Crippen LogP contribution in [0.4, 0.5) is 0 Å². The van der Waals surface area contributed by atoms with E-state index in [1.807, 2.05) is 31.2 Å². The van der Waals surface area contributed by atoms with Crippen LogP contribution in [0.3, 0.4) is 0 Å². The molecule has 39 heavy (non-hydrogen) atoms. The summed E-state index contributed by atoms with van der Waals surface area (Å²) < 4.78 is 0. The van der Waals surface area contributed by atoms with Crippen molar-refractivity contribution >= 4 is 11.9 Å². The number of carbonyl (C=O) groups is 2. The lowest BCUT2D eigenvalue weighted by molar-refractivity contribution is 0.00198. The molecule has 0 saturated carbocycles. The molecule has 2 atom stereocenters. The highest BCUT2D eigenvalue weighted by molar-refractivity contribution is 5.87. The summed E-state index contributed by atoms with van der Waals surface area (Å²) in [5.41, 5.74) is 3.15. The summed E-state index contributed by atoms with van der Waals surface area (Å²) >= 11 is 0. The first-order valence-corrected chi connectivity index (χ1v) is 14.6. The van der Waals surface area contributed by atoms with Crippen LogP contribution in [0.25, 0.3) is 0 Å². The van der Waals surface area contributed by atoms with Crippen molar-refractivity contribution in [3.05, 3.63) is 70.8 Å². The number of aryl methyl sites for hydroxylation is 2. The van der Waals surface area contributed by atoms with Crippen molar-refractivity contribution in [2.24, 2.45) is 5.92 Å². The summed E-state index contributed by atoms with van der Waals surface area (Å²) in [4.78, 5) is 21.1. The van der Waals surface area contributed by atoms with Crippen molar-refractivity contribution in [2.75, 3.05) is 0 Å². The SMILES string of the molecule is CCCC(O)C(CC)C(O)CCC.CCCCc1ccc(C(=O)O)cc1.CCCCc1ccc(C(=O)O)cc1. The molecule has 0 spiro atoms. The normalized spacial score (nSPS) is 12.7. The first kappa shape index (κ1) is 36.3. The van der Waals surface area contributed by atoms with Gasteiger partial charge in [-0.25, -0.2) is 9.59 Å². The second-order valence-corrected chi connectivity index (χ2v) is 10.00. The minimum absolute atomic E-state index is 0.0694. The molecule has 0 fully saturated rings. The number of hydrogen-bond acceptors (Lipinski definition) is 4. The van der Waals surface area contributed by atoms with Gasteiger partial charge in [-0.1, -0.05) is 84.6 Å². The summed E-state index contributed by atoms with van der Waals surface area (Å²) in [6.07, 6.45) is 10.5. The lowest BCUT2D eigenvalue weighted by Crippen LogP contribution is -2.31. The van der Waals surface area contributed by atoms with Crippen molar-refractivity contribution in [2.45, 2.75) is 117 Å². The fourth-order valence-corrected chi connectivity index (χ4v) is 4.21. The third-order valence-electron chi connectivity index (χ3n) is 6.67. The number of unbranched alkanes of at least 4 members (excludes halogenated alkanes) is 2. The van der Waals surface area contributed by atoms with Crippen LogP contribution in [0, 0.1) is 5.92 Å². The highest BCUT2D eigenvalue weighted by Crippen LogP contribution is 2.20. The molecular weight excluding hydrogens is 492 g/mol. The smallest absolute Gasteiger partial charge is 0.335 e. The summed E-state index contributed by atoms with van der Waals surface area (Å²) in [6.45, 7) is 10.4. The summed E-state index contributed by atoms with van der Waals surface area (Å²) in [6, 6.07) is 14.2. The summed E-state index contributed by atoms with van der Waals surface area (Å²) in [5.74, 6) is -1.65. The Morgan fingerprint density at radius 3 is 1.15 bits per heavy atom. The zero-order valence-electron chi connectivity index (χ0n) is 24.7. The zero-order valence-corrected chi connectivity index (χ0v) is 24.7. The Labute approximate surface area is 236 Å². The second kappa shape index (κ2) is 22.2. The van der Waals surface area contributed by atoms with Gasteiger partial charge in [-0.15, -0.1) is 0 Å². The van der Waals surface area contributed by atoms with Crippen LogP contribution in [0.5, 0.6) is 0 Å². The molecule has 220 valence electrons. The topological polar surface area (TPSA) is 115 Å². The number of aliphatic hydroxyl groups is 2. The van der Waals surface area contributed by atoms with E-state index in [9.17, 15) is 19.8 Å². The van der Waals surface area contributed by atoms with Gasteiger partial charge in [0.05, 0.1) is 23.3 Å². The average Bonchev–Trinajstić information content (AvgIpc) is 2.92. The average molecular weight is 545 g/mol. The quantitative estimate of drug-likeness (QED) is 0.182. The molecule has 4 N–H and O–H groups in total. The molecule has 0 bridgehead atoms. The third kappa shape index (κ3) is 16.1. The number of rotatable bonds is 15. The van der Waals surface area contributed by atoms with Crippen LogP contribution >= 0.6 is 0 Å². The lowest BCUT2D eigenvalue weighted by Gasteiger charge is -2.26. The Kier molecular flexibility index (Phi) is 20.6. The van der Waals surface area contributed by atoms with Crippen LogP contribution in [-0.2, 0) is 12.8 Å². The Morgan fingerprint density at radius 2 is 0.923 bits per heavy atom. The van der Waals surface area contributed by atoms with Crippen molar-refractivity contribution in [1.29, 1.82) is 0 Å². The van der Waals surface area contributed by atoms with Crippen molar-refractivity contribution in [3.63, 3.8) is 0 Å². The van der Waals surface area contributed by atoms with Gasteiger partial charge >= 0.3 is 11.9 Å². The van der Waals surface area contributed by atoms with E-state index in [2.05, 4.69) is 27.7 Å². The molecule has 6 nitrogen and oxygen atoms in total. The first-order valence-electron chi connectivity index (χ1n) is 14.6. The van der Waals surface area contributed by atoms with E-state index in [0.717, 1.165) is 57.8 Å². The number of benzene rings is 2. The standard InChI is InChI=1S/2C11H14O2.C11H24O2/c2*1-2-3-4-9-5-7-10(8-6-9)11(12)13;1-4-7-10(12)9(6-3)11(13)8-5-2/h2*5-8H,2-4H2,1H3,(H,12,13);9-13H,4-8H2,1-3H3. The van der Waals surface area contributed by atoms with Gasteiger partial charge < -0.3 is 20.4 Å². The Balaban J connectivity index is 0.000000555. The molecule has 2 unspecified atom stereocenters. The van der Waals surface area contributed by atoms with Gasteiger partial charge in [0, 0.05) is 5.92 Å². The van der Waals surface area contributed by atoms with Gasteiger partial charge in [-0.05, 0) is 80.3 Å². The van der Waals surface area contributed by atoms with Crippen molar-refractivity contribution in [3.8, 4) is 0 Å². The van der Waals surface area contributed by atoms with Gasteiger partial charge in [-0.3, -0.25) is 0 Å². The maximum atomic E-state index is 10.5. The predicted octanol–water partition coefficient (Wildman–Crippen LogP) is 7.79. The Morgan fingerprint density at radius 1 is 0.590 bits per heavy atom. The molecule has 0 radical (unpaired) electrons. The molecule has 2 aromatic carbocycles. The number of aromatic carboxylic acids is 2. The first-order chi connectivity index (χ1) is 18.6. The monoisotopic (exact) mass is 544 g/mol. The number of carboxylic acids is 2. The second-order valence-electron chi connectivity index (χ2n) is 10.00. The molecule has 0 amide bonds. The minimum Gasteiger partial charge on any atom is -0.478 e. The molecule has 6 heteroatoms. The summed E-state index contributed by atoms with van der Waals surface area (Å²) in [5, 5.41) is 36.8. The molecule has 0 aliphatic carbocycles. The zero-order chi connectivity index (χ0) is 29.6. The predicted molar refractivity (Wildman–Crippen MR) is 160 cm³/mol. The van der Waals surface area contributed by atoms with Gasteiger partial charge in [0.2, 0.25) is 0 Å².